The molecule has 0 amide bonds. The van der Waals surface area contributed by atoms with Crippen LogP contribution in [0.1, 0.15) is 36.0 Å². The van der Waals surface area contributed by atoms with Gasteiger partial charge in [0.2, 0.25) is 0 Å². The number of anilines is 1. The highest BCUT2D eigenvalue weighted by Gasteiger charge is 2.19. The first kappa shape index (κ1) is 14.8. The van der Waals surface area contributed by atoms with Gasteiger partial charge in [-0.2, -0.15) is 0 Å². The average molecular weight is 325 g/mol. The molecule has 2 aliphatic heterocycles. The molecule has 0 unspecified atom stereocenters. The maximum atomic E-state index is 6.34. The molecule has 0 saturated carbocycles. The minimum Gasteiger partial charge on any atom is -0.372 e. The molecule has 2 aliphatic rings. The van der Waals surface area contributed by atoms with E-state index in [0.29, 0.717) is 0 Å². The molecule has 0 spiro atoms. The Morgan fingerprint density at radius 3 is 2.48 bits per heavy atom. The summed E-state index contributed by atoms with van der Waals surface area (Å²) in [6.07, 6.45) is 4.85. The van der Waals surface area contributed by atoms with Crippen molar-refractivity contribution in [2.24, 2.45) is 4.99 Å². The Morgan fingerprint density at radius 1 is 1.00 bits per heavy atom. The summed E-state index contributed by atoms with van der Waals surface area (Å²) >= 11 is 6.34. The van der Waals surface area contributed by atoms with E-state index in [2.05, 4.69) is 42.2 Å². The lowest BCUT2D eigenvalue weighted by atomic mass is 10.0. The normalized spacial score (nSPS) is 17.1. The summed E-state index contributed by atoms with van der Waals surface area (Å²) in [6, 6.07) is 13.1. The van der Waals surface area contributed by atoms with Crippen LogP contribution in [0, 0.1) is 6.92 Å². The van der Waals surface area contributed by atoms with Gasteiger partial charge in [0.05, 0.1) is 16.4 Å². The smallest absolute Gasteiger partial charge is 0.0855 e. The Labute approximate surface area is 142 Å². The summed E-state index contributed by atoms with van der Waals surface area (Å²) in [5, 5.41) is 0.764. The molecule has 4 rings (SSSR count). The summed E-state index contributed by atoms with van der Waals surface area (Å²) in [7, 11) is 0. The van der Waals surface area contributed by atoms with Crippen LogP contribution in [0.25, 0.3) is 0 Å². The van der Waals surface area contributed by atoms with Crippen molar-refractivity contribution in [1.29, 1.82) is 0 Å². The molecule has 2 aromatic rings. The number of hydrogen-bond donors (Lipinski definition) is 0. The highest BCUT2D eigenvalue weighted by molar-refractivity contribution is 6.34. The molecule has 3 heteroatoms. The molecule has 118 valence electrons. The van der Waals surface area contributed by atoms with Crippen LogP contribution in [-0.2, 0) is 6.42 Å². The molecule has 0 aromatic heterocycles. The topological polar surface area (TPSA) is 15.6 Å². The number of rotatable bonds is 2. The highest BCUT2D eigenvalue weighted by atomic mass is 35.5. The third kappa shape index (κ3) is 2.88. The molecule has 0 bridgehead atoms. The fraction of sp³-hybridized carbons (Fsp3) is 0.350. The molecule has 0 N–H and O–H groups in total. The van der Waals surface area contributed by atoms with Crippen LogP contribution in [0.15, 0.2) is 41.4 Å². The van der Waals surface area contributed by atoms with E-state index in [1.54, 1.807) is 0 Å². The lowest BCUT2D eigenvalue weighted by Crippen LogP contribution is -2.29. The van der Waals surface area contributed by atoms with E-state index in [4.69, 9.17) is 16.6 Å². The van der Waals surface area contributed by atoms with Crippen LogP contribution in [0.3, 0.4) is 0 Å². The molecule has 0 atom stereocenters. The van der Waals surface area contributed by atoms with Gasteiger partial charge >= 0.3 is 0 Å². The molecule has 0 aliphatic carbocycles. The summed E-state index contributed by atoms with van der Waals surface area (Å²) in [5.41, 5.74) is 7.05. The van der Waals surface area contributed by atoms with Crippen molar-refractivity contribution in [3.63, 3.8) is 0 Å². The van der Waals surface area contributed by atoms with Crippen molar-refractivity contribution < 1.29 is 0 Å². The Bertz CT molecular complexity index is 756. The SMILES string of the molecule is Cc1cc(Cl)c2c(c1)CC(c1ccc(N3CCCCC3)cc1)=N2. The Morgan fingerprint density at radius 2 is 1.74 bits per heavy atom. The molecular weight excluding hydrogens is 304 g/mol. The molecule has 1 saturated heterocycles. The summed E-state index contributed by atoms with van der Waals surface area (Å²) < 4.78 is 0. The first-order chi connectivity index (χ1) is 11.2. The van der Waals surface area contributed by atoms with E-state index >= 15 is 0 Å². The van der Waals surface area contributed by atoms with Gasteiger partial charge in [-0.05, 0) is 61.1 Å². The van der Waals surface area contributed by atoms with E-state index in [1.165, 1.54) is 54.7 Å². The minimum absolute atomic E-state index is 0.764. The lowest BCUT2D eigenvalue weighted by Gasteiger charge is -2.28. The van der Waals surface area contributed by atoms with Gasteiger partial charge in [0.15, 0.2) is 0 Å². The van der Waals surface area contributed by atoms with Gasteiger partial charge in [0.1, 0.15) is 0 Å². The maximum Gasteiger partial charge on any atom is 0.0855 e. The van der Waals surface area contributed by atoms with Crippen LogP contribution in [0.5, 0.6) is 0 Å². The number of nitrogens with zero attached hydrogens (tertiary/aromatic N) is 2. The van der Waals surface area contributed by atoms with Crippen molar-refractivity contribution in [1.82, 2.24) is 0 Å². The largest absolute Gasteiger partial charge is 0.372 e. The fourth-order valence-corrected chi connectivity index (χ4v) is 3.94. The molecule has 2 aromatic carbocycles. The number of aryl methyl sites for hydroxylation is 1. The second-order valence-electron chi connectivity index (χ2n) is 6.58. The number of piperidine rings is 1. The molecule has 1 fully saturated rings. The Hall–Kier alpha value is -1.80. The third-order valence-corrected chi connectivity index (χ3v) is 5.10. The molecule has 23 heavy (non-hydrogen) atoms. The lowest BCUT2D eigenvalue weighted by molar-refractivity contribution is 0.578. The van der Waals surface area contributed by atoms with Crippen LogP contribution < -0.4 is 4.90 Å². The number of fused-ring (bicyclic) bond motifs is 1. The van der Waals surface area contributed by atoms with Crippen molar-refractivity contribution in [2.45, 2.75) is 32.6 Å². The fourth-order valence-electron chi connectivity index (χ4n) is 3.60. The van der Waals surface area contributed by atoms with E-state index in [1.807, 2.05) is 6.07 Å². The van der Waals surface area contributed by atoms with Crippen molar-refractivity contribution in [3.8, 4) is 0 Å². The number of hydrogen-bond acceptors (Lipinski definition) is 2. The Balaban J connectivity index is 1.58. The zero-order valence-electron chi connectivity index (χ0n) is 13.5. The Kier molecular flexibility index (Phi) is 3.86. The molecular formula is C20H21ClN2. The molecule has 0 radical (unpaired) electrons. The third-order valence-electron chi connectivity index (χ3n) is 4.81. The van der Waals surface area contributed by atoms with Gasteiger partial charge < -0.3 is 4.90 Å². The van der Waals surface area contributed by atoms with Crippen molar-refractivity contribution >= 4 is 28.7 Å². The predicted molar refractivity (Wildman–Crippen MR) is 98.6 cm³/mol. The standard InChI is InChI=1S/C20H21ClN2/c1-14-11-16-13-19(22-20(16)18(21)12-14)15-5-7-17(8-6-15)23-9-3-2-4-10-23/h5-8,11-12H,2-4,9-10,13H2,1H3. The van der Waals surface area contributed by atoms with Gasteiger partial charge in [-0.3, -0.25) is 4.99 Å². The van der Waals surface area contributed by atoms with Gasteiger partial charge in [0, 0.05) is 25.2 Å². The van der Waals surface area contributed by atoms with Crippen LogP contribution >= 0.6 is 11.6 Å². The van der Waals surface area contributed by atoms with Gasteiger partial charge in [-0.15, -0.1) is 0 Å². The number of halogens is 1. The average Bonchev–Trinajstić information content (AvgIpc) is 3.00. The van der Waals surface area contributed by atoms with Gasteiger partial charge in [-0.1, -0.05) is 29.8 Å². The predicted octanol–water partition coefficient (Wildman–Crippen LogP) is 5.32. The summed E-state index contributed by atoms with van der Waals surface area (Å²) in [4.78, 5) is 7.26. The second kappa shape index (κ2) is 6.01. The quantitative estimate of drug-likeness (QED) is 0.730. The molecule has 2 heterocycles. The minimum atomic E-state index is 0.764. The zero-order chi connectivity index (χ0) is 15.8. The second-order valence-corrected chi connectivity index (χ2v) is 6.99. The zero-order valence-corrected chi connectivity index (χ0v) is 14.2. The molecule has 2 nitrogen and oxygen atoms in total. The van der Waals surface area contributed by atoms with Gasteiger partial charge in [-0.25, -0.2) is 0 Å². The van der Waals surface area contributed by atoms with E-state index < -0.39 is 0 Å². The van der Waals surface area contributed by atoms with Crippen LogP contribution in [0.4, 0.5) is 11.4 Å². The monoisotopic (exact) mass is 324 g/mol. The van der Waals surface area contributed by atoms with E-state index in [9.17, 15) is 0 Å². The summed E-state index contributed by atoms with van der Waals surface area (Å²) in [5.74, 6) is 0. The van der Waals surface area contributed by atoms with Crippen LogP contribution in [0.2, 0.25) is 5.02 Å². The highest BCUT2D eigenvalue weighted by Crippen LogP contribution is 2.36. The first-order valence-electron chi connectivity index (χ1n) is 8.43. The van der Waals surface area contributed by atoms with Crippen LogP contribution in [-0.4, -0.2) is 18.8 Å². The number of benzene rings is 2. The van der Waals surface area contributed by atoms with Crippen molar-refractivity contribution in [2.75, 3.05) is 18.0 Å². The maximum absolute atomic E-state index is 6.34. The van der Waals surface area contributed by atoms with E-state index in [-0.39, 0.29) is 0 Å². The summed E-state index contributed by atoms with van der Waals surface area (Å²) in [6.45, 7) is 4.44. The number of aliphatic imine (C=N–C) groups is 1. The first-order valence-corrected chi connectivity index (χ1v) is 8.80. The van der Waals surface area contributed by atoms with Crippen molar-refractivity contribution in [3.05, 3.63) is 58.1 Å². The van der Waals surface area contributed by atoms with E-state index in [0.717, 1.165) is 22.8 Å². The van der Waals surface area contributed by atoms with Gasteiger partial charge in [0.25, 0.3) is 0 Å².